The highest BCUT2D eigenvalue weighted by Crippen LogP contribution is 2.29. The number of hydrogen-bond acceptors (Lipinski definition) is 4. The maximum absolute atomic E-state index is 12.8. The fourth-order valence-electron chi connectivity index (χ4n) is 3.82. The summed E-state index contributed by atoms with van der Waals surface area (Å²) < 4.78 is 33.8. The number of methoxy groups -OCH3 is 1. The Bertz CT molecular complexity index is 1180. The number of ether oxygens (including phenoxy) is 1. The van der Waals surface area contributed by atoms with E-state index in [0.717, 1.165) is 42.7 Å². The molecule has 0 radical (unpaired) electrons. The molecule has 1 fully saturated rings. The van der Waals surface area contributed by atoms with Crippen molar-refractivity contribution in [3.05, 3.63) is 76.8 Å². The smallest absolute Gasteiger partial charge is 0.261 e. The van der Waals surface area contributed by atoms with Gasteiger partial charge in [0, 0.05) is 31.6 Å². The lowest BCUT2D eigenvalue weighted by molar-refractivity contribution is 0.0893. The first-order valence-electron chi connectivity index (χ1n) is 10.3. The van der Waals surface area contributed by atoms with Gasteiger partial charge >= 0.3 is 0 Å². The minimum atomic E-state index is -3.71. The molecule has 0 saturated carbocycles. The molecule has 0 bridgehead atoms. The van der Waals surface area contributed by atoms with E-state index < -0.39 is 10.0 Å². The zero-order valence-electron chi connectivity index (χ0n) is 17.6. The van der Waals surface area contributed by atoms with E-state index in [2.05, 4.69) is 9.62 Å². The fourth-order valence-corrected chi connectivity index (χ4v) is 5.18. The lowest BCUT2D eigenvalue weighted by Crippen LogP contribution is -2.39. The predicted octanol–water partition coefficient (Wildman–Crippen LogP) is 6.08. The highest BCUT2D eigenvalue weighted by atomic mass is 35.5. The number of piperidine rings is 1. The molecule has 1 unspecified atom stereocenters. The molecule has 1 aliphatic rings. The molecule has 1 aliphatic heterocycles. The molecule has 8 heteroatoms. The van der Waals surface area contributed by atoms with Crippen LogP contribution < -0.4 is 9.62 Å². The SMILES string of the molecule is COC1CCCN(c2ccc(NS(=O)(=O)c3ccc(-c4ccc(Cl)c(Cl)c4)cc3)cc2)C1. The quantitative estimate of drug-likeness (QED) is 0.454. The van der Waals surface area contributed by atoms with Gasteiger partial charge in [0.25, 0.3) is 10.0 Å². The Morgan fingerprint density at radius 2 is 1.62 bits per heavy atom. The van der Waals surface area contributed by atoms with Crippen LogP contribution in [0.3, 0.4) is 0 Å². The average Bonchev–Trinajstić information content (AvgIpc) is 2.81. The van der Waals surface area contributed by atoms with Gasteiger partial charge in [0.05, 0.1) is 21.0 Å². The van der Waals surface area contributed by atoms with Gasteiger partial charge in [-0.05, 0) is 72.5 Å². The zero-order valence-corrected chi connectivity index (χ0v) is 19.9. The van der Waals surface area contributed by atoms with Crippen LogP contribution in [-0.4, -0.2) is 34.7 Å². The Balaban J connectivity index is 1.46. The van der Waals surface area contributed by atoms with Crippen LogP contribution in [0, 0.1) is 0 Å². The van der Waals surface area contributed by atoms with Gasteiger partial charge in [-0.1, -0.05) is 41.4 Å². The van der Waals surface area contributed by atoms with Crippen LogP contribution in [0.2, 0.25) is 10.0 Å². The van der Waals surface area contributed by atoms with Crippen LogP contribution >= 0.6 is 23.2 Å². The van der Waals surface area contributed by atoms with Crippen LogP contribution in [0.25, 0.3) is 11.1 Å². The Labute approximate surface area is 199 Å². The summed E-state index contributed by atoms with van der Waals surface area (Å²) in [5.74, 6) is 0. The minimum absolute atomic E-state index is 0.185. The van der Waals surface area contributed by atoms with Crippen molar-refractivity contribution >= 4 is 44.6 Å². The summed E-state index contributed by atoms with van der Waals surface area (Å²) in [4.78, 5) is 2.45. The van der Waals surface area contributed by atoms with Crippen molar-refractivity contribution in [1.29, 1.82) is 0 Å². The number of nitrogens with one attached hydrogen (secondary N) is 1. The third kappa shape index (κ3) is 5.21. The summed E-state index contributed by atoms with van der Waals surface area (Å²) in [6.45, 7) is 1.81. The Kier molecular flexibility index (Phi) is 6.96. The molecular formula is C24H24Cl2N2O3S. The molecule has 32 heavy (non-hydrogen) atoms. The Morgan fingerprint density at radius 1 is 0.938 bits per heavy atom. The molecule has 1 atom stereocenters. The van der Waals surface area contributed by atoms with E-state index in [1.165, 1.54) is 0 Å². The molecule has 3 aromatic rings. The van der Waals surface area contributed by atoms with Gasteiger partial charge in [-0.15, -0.1) is 0 Å². The van der Waals surface area contributed by atoms with Crippen LogP contribution in [0.15, 0.2) is 71.6 Å². The lowest BCUT2D eigenvalue weighted by atomic mass is 10.1. The molecule has 4 rings (SSSR count). The van der Waals surface area contributed by atoms with Crippen molar-refractivity contribution in [1.82, 2.24) is 0 Å². The number of rotatable bonds is 6. The number of nitrogens with zero attached hydrogens (tertiary/aromatic N) is 1. The highest BCUT2D eigenvalue weighted by molar-refractivity contribution is 7.92. The second-order valence-electron chi connectivity index (χ2n) is 7.75. The molecule has 5 nitrogen and oxygen atoms in total. The Hall–Kier alpha value is -2.25. The van der Waals surface area contributed by atoms with Gasteiger partial charge in [-0.3, -0.25) is 4.72 Å². The number of sulfonamides is 1. The van der Waals surface area contributed by atoms with Crippen molar-refractivity contribution in [2.24, 2.45) is 0 Å². The standard InChI is InChI=1S/C24H24Cl2N2O3S/c1-31-21-3-2-14-28(16-21)20-9-7-19(8-10-20)27-32(29,30)22-11-4-17(5-12-22)18-6-13-23(25)24(26)15-18/h4-13,15,21,27H,2-3,14,16H2,1H3. The first-order valence-corrected chi connectivity index (χ1v) is 12.6. The van der Waals surface area contributed by atoms with Crippen molar-refractivity contribution in [3.63, 3.8) is 0 Å². The molecule has 1 heterocycles. The summed E-state index contributed by atoms with van der Waals surface area (Å²) in [6, 6.07) is 19.4. The maximum atomic E-state index is 12.8. The van der Waals surface area contributed by atoms with E-state index in [9.17, 15) is 8.42 Å². The minimum Gasteiger partial charge on any atom is -0.380 e. The lowest BCUT2D eigenvalue weighted by Gasteiger charge is -2.33. The third-order valence-electron chi connectivity index (χ3n) is 5.61. The first kappa shape index (κ1) is 22.9. The van der Waals surface area contributed by atoms with E-state index in [-0.39, 0.29) is 11.0 Å². The van der Waals surface area contributed by atoms with Crippen molar-refractivity contribution in [3.8, 4) is 11.1 Å². The predicted molar refractivity (Wildman–Crippen MR) is 131 cm³/mol. The van der Waals surface area contributed by atoms with Gasteiger partial charge < -0.3 is 9.64 Å². The van der Waals surface area contributed by atoms with Crippen molar-refractivity contribution < 1.29 is 13.2 Å². The van der Waals surface area contributed by atoms with Crippen molar-refractivity contribution in [2.45, 2.75) is 23.8 Å². The number of benzene rings is 3. The second-order valence-corrected chi connectivity index (χ2v) is 10.2. The summed E-state index contributed by atoms with van der Waals surface area (Å²) in [7, 11) is -1.97. The summed E-state index contributed by atoms with van der Waals surface area (Å²) in [6.07, 6.45) is 2.37. The van der Waals surface area contributed by atoms with Gasteiger partial charge in [0.2, 0.25) is 0 Å². The maximum Gasteiger partial charge on any atom is 0.261 e. The van der Waals surface area contributed by atoms with E-state index in [0.29, 0.717) is 15.7 Å². The molecule has 0 aromatic heterocycles. The van der Waals surface area contributed by atoms with Crippen LogP contribution in [0.4, 0.5) is 11.4 Å². The molecule has 0 spiro atoms. The monoisotopic (exact) mass is 490 g/mol. The first-order chi connectivity index (χ1) is 15.4. The average molecular weight is 491 g/mol. The van der Waals surface area contributed by atoms with E-state index in [1.807, 2.05) is 18.2 Å². The van der Waals surface area contributed by atoms with E-state index >= 15 is 0 Å². The number of halogens is 2. The zero-order chi connectivity index (χ0) is 22.7. The molecular weight excluding hydrogens is 467 g/mol. The number of hydrogen-bond donors (Lipinski definition) is 1. The van der Waals surface area contributed by atoms with Gasteiger partial charge in [0.15, 0.2) is 0 Å². The molecule has 168 valence electrons. The normalized spacial score (nSPS) is 16.7. The van der Waals surface area contributed by atoms with Crippen LogP contribution in [0.5, 0.6) is 0 Å². The molecule has 0 amide bonds. The second kappa shape index (κ2) is 9.71. The Morgan fingerprint density at radius 3 is 2.28 bits per heavy atom. The van der Waals surface area contributed by atoms with E-state index in [1.54, 1.807) is 55.6 Å². The topological polar surface area (TPSA) is 58.6 Å². The van der Waals surface area contributed by atoms with Gasteiger partial charge in [0.1, 0.15) is 0 Å². The molecule has 1 N–H and O–H groups in total. The van der Waals surface area contributed by atoms with Crippen LogP contribution in [0.1, 0.15) is 12.8 Å². The number of anilines is 2. The molecule has 3 aromatic carbocycles. The highest BCUT2D eigenvalue weighted by Gasteiger charge is 2.20. The van der Waals surface area contributed by atoms with Crippen LogP contribution in [-0.2, 0) is 14.8 Å². The van der Waals surface area contributed by atoms with E-state index in [4.69, 9.17) is 27.9 Å². The third-order valence-corrected chi connectivity index (χ3v) is 7.75. The van der Waals surface area contributed by atoms with Gasteiger partial charge in [-0.25, -0.2) is 8.42 Å². The summed E-state index contributed by atoms with van der Waals surface area (Å²) >= 11 is 12.1. The molecule has 0 aliphatic carbocycles. The molecule has 1 saturated heterocycles. The van der Waals surface area contributed by atoms with Gasteiger partial charge in [-0.2, -0.15) is 0 Å². The fraction of sp³-hybridized carbons (Fsp3) is 0.250. The summed E-state index contributed by atoms with van der Waals surface area (Å²) in [5, 5.41) is 0.928. The largest absolute Gasteiger partial charge is 0.380 e. The summed E-state index contributed by atoms with van der Waals surface area (Å²) in [5.41, 5.74) is 3.28. The van der Waals surface area contributed by atoms with Crippen molar-refractivity contribution in [2.75, 3.05) is 29.8 Å².